The Kier molecular flexibility index (Phi) is 4.71. The number of hydrogen-bond acceptors (Lipinski definition) is 4. The van der Waals surface area contributed by atoms with Crippen LogP contribution in [0.4, 0.5) is 4.39 Å². The summed E-state index contributed by atoms with van der Waals surface area (Å²) >= 11 is 0. The Morgan fingerprint density at radius 3 is 2.65 bits per heavy atom. The van der Waals surface area contributed by atoms with E-state index in [9.17, 15) is 9.18 Å². The highest BCUT2D eigenvalue weighted by molar-refractivity contribution is 5.96. The van der Waals surface area contributed by atoms with E-state index in [2.05, 4.69) is 4.90 Å². The Balaban J connectivity index is 1.32. The summed E-state index contributed by atoms with van der Waals surface area (Å²) in [6.45, 7) is 2.59. The fourth-order valence-corrected chi connectivity index (χ4v) is 3.52. The quantitative estimate of drug-likeness (QED) is 0.758. The number of halogens is 1. The molecule has 5 heteroatoms. The molecule has 2 heterocycles. The molecule has 0 bridgehead atoms. The predicted octanol–water partition coefficient (Wildman–Crippen LogP) is 4.13. The molecule has 2 aliphatic rings. The molecule has 2 aromatic rings. The van der Waals surface area contributed by atoms with Crippen LogP contribution >= 0.6 is 0 Å². The summed E-state index contributed by atoms with van der Waals surface area (Å²) in [6, 6.07) is 12.0. The largest absolute Gasteiger partial charge is 0.458 e. The molecule has 2 aliphatic heterocycles. The maximum Gasteiger partial charge on any atom is 0.169 e. The summed E-state index contributed by atoms with van der Waals surface area (Å²) in [4.78, 5) is 14.8. The van der Waals surface area contributed by atoms with E-state index in [1.165, 1.54) is 30.2 Å². The molecule has 2 aromatic carbocycles. The molecule has 4 nitrogen and oxygen atoms in total. The SMILES string of the molecule is O=C(CCN1CCC(c2ccc(F)cc2)C1)c1ccc2c(c1)OC=CO2. The van der Waals surface area contributed by atoms with Crippen LogP contribution in [-0.2, 0) is 0 Å². The number of carbonyl (C=O) groups is 1. The molecule has 0 aliphatic carbocycles. The van der Waals surface area contributed by atoms with E-state index < -0.39 is 0 Å². The summed E-state index contributed by atoms with van der Waals surface area (Å²) < 4.78 is 23.7. The molecule has 1 saturated heterocycles. The number of likely N-dealkylation sites (tertiary alicyclic amines) is 1. The number of rotatable bonds is 5. The number of nitrogens with zero attached hydrogens (tertiary/aromatic N) is 1. The minimum Gasteiger partial charge on any atom is -0.458 e. The number of ether oxygens (including phenoxy) is 2. The molecule has 0 radical (unpaired) electrons. The highest BCUT2D eigenvalue weighted by Gasteiger charge is 2.24. The lowest BCUT2D eigenvalue weighted by Crippen LogP contribution is -2.23. The molecule has 0 saturated carbocycles. The topological polar surface area (TPSA) is 38.8 Å². The van der Waals surface area contributed by atoms with Gasteiger partial charge in [0.25, 0.3) is 0 Å². The molecule has 1 fully saturated rings. The van der Waals surface area contributed by atoms with Crippen LogP contribution in [0.15, 0.2) is 55.0 Å². The Morgan fingerprint density at radius 1 is 1.08 bits per heavy atom. The van der Waals surface area contributed by atoms with Crippen molar-refractivity contribution in [1.29, 1.82) is 0 Å². The maximum atomic E-state index is 13.1. The standard InChI is InChI=1S/C21H20FNO3/c22-18-4-1-15(2-5-18)17-7-9-23(14-17)10-8-19(24)16-3-6-20-21(13-16)26-12-11-25-20/h1-6,11-13,17H,7-10,14H2. The molecule has 0 spiro atoms. The molecular formula is C21H20FNO3. The first-order valence-electron chi connectivity index (χ1n) is 8.82. The van der Waals surface area contributed by atoms with Crippen molar-refractivity contribution in [3.05, 3.63) is 71.9 Å². The van der Waals surface area contributed by atoms with Gasteiger partial charge in [-0.1, -0.05) is 12.1 Å². The predicted molar refractivity (Wildman–Crippen MR) is 96.0 cm³/mol. The summed E-state index contributed by atoms with van der Waals surface area (Å²) in [7, 11) is 0. The monoisotopic (exact) mass is 353 g/mol. The smallest absolute Gasteiger partial charge is 0.169 e. The van der Waals surface area contributed by atoms with Crippen molar-refractivity contribution in [3.8, 4) is 11.5 Å². The third-order valence-electron chi connectivity index (χ3n) is 4.98. The van der Waals surface area contributed by atoms with Crippen LogP contribution in [0, 0.1) is 5.82 Å². The number of carbonyl (C=O) groups excluding carboxylic acids is 1. The van der Waals surface area contributed by atoms with Crippen molar-refractivity contribution < 1.29 is 18.7 Å². The van der Waals surface area contributed by atoms with Crippen molar-refractivity contribution in [1.82, 2.24) is 4.90 Å². The summed E-state index contributed by atoms with van der Waals surface area (Å²) in [5, 5.41) is 0. The maximum absolute atomic E-state index is 13.1. The van der Waals surface area contributed by atoms with E-state index in [1.54, 1.807) is 18.2 Å². The van der Waals surface area contributed by atoms with Crippen LogP contribution in [0.2, 0.25) is 0 Å². The molecular weight excluding hydrogens is 333 g/mol. The van der Waals surface area contributed by atoms with Gasteiger partial charge >= 0.3 is 0 Å². The molecule has 0 aromatic heterocycles. The number of benzene rings is 2. The van der Waals surface area contributed by atoms with Gasteiger partial charge in [0.15, 0.2) is 17.3 Å². The zero-order valence-corrected chi connectivity index (χ0v) is 14.4. The van der Waals surface area contributed by atoms with Gasteiger partial charge in [-0.2, -0.15) is 0 Å². The average molecular weight is 353 g/mol. The van der Waals surface area contributed by atoms with Crippen LogP contribution < -0.4 is 9.47 Å². The Labute approximate surface area is 151 Å². The van der Waals surface area contributed by atoms with Gasteiger partial charge in [0, 0.05) is 25.1 Å². The Morgan fingerprint density at radius 2 is 1.85 bits per heavy atom. The second-order valence-electron chi connectivity index (χ2n) is 6.68. The van der Waals surface area contributed by atoms with Crippen molar-refractivity contribution in [2.45, 2.75) is 18.8 Å². The van der Waals surface area contributed by atoms with Crippen LogP contribution in [-0.4, -0.2) is 30.3 Å². The Bertz CT molecular complexity index is 832. The molecule has 134 valence electrons. The van der Waals surface area contributed by atoms with Crippen LogP contribution in [0.5, 0.6) is 11.5 Å². The van der Waals surface area contributed by atoms with Gasteiger partial charge < -0.3 is 14.4 Å². The zero-order chi connectivity index (χ0) is 17.9. The zero-order valence-electron chi connectivity index (χ0n) is 14.4. The van der Waals surface area contributed by atoms with Crippen LogP contribution in [0.3, 0.4) is 0 Å². The normalized spacial score (nSPS) is 18.9. The van der Waals surface area contributed by atoms with Crippen molar-refractivity contribution in [3.63, 3.8) is 0 Å². The average Bonchev–Trinajstić information content (AvgIpc) is 3.15. The number of Topliss-reactive ketones (excluding diaryl/α,β-unsaturated/α-hetero) is 1. The van der Waals surface area contributed by atoms with E-state index in [4.69, 9.17) is 9.47 Å². The van der Waals surface area contributed by atoms with Gasteiger partial charge in [0.2, 0.25) is 0 Å². The summed E-state index contributed by atoms with van der Waals surface area (Å²) in [5.41, 5.74) is 1.80. The van der Waals surface area contributed by atoms with Gasteiger partial charge in [0.1, 0.15) is 18.3 Å². The van der Waals surface area contributed by atoms with E-state index in [0.717, 1.165) is 26.1 Å². The van der Waals surface area contributed by atoms with E-state index >= 15 is 0 Å². The van der Waals surface area contributed by atoms with Crippen molar-refractivity contribution >= 4 is 5.78 Å². The van der Waals surface area contributed by atoms with Gasteiger partial charge in [-0.3, -0.25) is 4.79 Å². The lowest BCUT2D eigenvalue weighted by atomic mass is 9.99. The van der Waals surface area contributed by atoms with Gasteiger partial charge in [-0.15, -0.1) is 0 Å². The third kappa shape index (κ3) is 3.63. The van der Waals surface area contributed by atoms with Crippen LogP contribution in [0.1, 0.15) is 34.7 Å². The highest BCUT2D eigenvalue weighted by Crippen LogP contribution is 2.32. The van der Waals surface area contributed by atoms with Crippen molar-refractivity contribution in [2.75, 3.05) is 19.6 Å². The number of fused-ring (bicyclic) bond motifs is 1. The van der Waals surface area contributed by atoms with Gasteiger partial charge in [-0.05, 0) is 54.8 Å². The lowest BCUT2D eigenvalue weighted by molar-refractivity contribution is 0.0968. The van der Waals surface area contributed by atoms with Gasteiger partial charge in [-0.25, -0.2) is 4.39 Å². The molecule has 0 amide bonds. The summed E-state index contributed by atoms with van der Waals surface area (Å²) in [5.74, 6) is 1.48. The fraction of sp³-hybridized carbons (Fsp3) is 0.286. The first kappa shape index (κ1) is 16.8. The van der Waals surface area contributed by atoms with Crippen molar-refractivity contribution in [2.24, 2.45) is 0 Å². The number of hydrogen-bond donors (Lipinski definition) is 0. The second-order valence-corrected chi connectivity index (χ2v) is 6.68. The second kappa shape index (κ2) is 7.30. The molecule has 0 N–H and O–H groups in total. The van der Waals surface area contributed by atoms with Crippen LogP contribution in [0.25, 0.3) is 0 Å². The molecule has 26 heavy (non-hydrogen) atoms. The molecule has 4 rings (SSSR count). The third-order valence-corrected chi connectivity index (χ3v) is 4.98. The van der Waals surface area contributed by atoms with E-state index in [0.29, 0.717) is 29.4 Å². The van der Waals surface area contributed by atoms with Gasteiger partial charge in [0.05, 0.1) is 0 Å². The minimum atomic E-state index is -0.205. The fourth-order valence-electron chi connectivity index (χ4n) is 3.52. The van der Waals surface area contributed by atoms with E-state index in [-0.39, 0.29) is 11.6 Å². The summed E-state index contributed by atoms with van der Waals surface area (Å²) in [6.07, 6.45) is 4.42. The molecule has 1 unspecified atom stereocenters. The first-order valence-corrected chi connectivity index (χ1v) is 8.82. The first-order chi connectivity index (χ1) is 12.7. The number of ketones is 1. The highest BCUT2D eigenvalue weighted by atomic mass is 19.1. The molecule has 1 atom stereocenters. The Hall–Kier alpha value is -2.66. The van der Waals surface area contributed by atoms with E-state index in [1.807, 2.05) is 12.1 Å². The minimum absolute atomic E-state index is 0.0937. The lowest BCUT2D eigenvalue weighted by Gasteiger charge is -2.16.